The van der Waals surface area contributed by atoms with Crippen molar-refractivity contribution < 1.29 is 4.79 Å². The molecule has 1 aromatic rings. The number of aryl methyl sites for hydroxylation is 1. The molecule has 1 aromatic carbocycles. The molecule has 0 bridgehead atoms. The van der Waals surface area contributed by atoms with Gasteiger partial charge in [0.15, 0.2) is 0 Å². The van der Waals surface area contributed by atoms with E-state index in [2.05, 4.69) is 31.2 Å². The molecule has 1 amide bonds. The van der Waals surface area contributed by atoms with Crippen molar-refractivity contribution in [3.8, 4) is 0 Å². The van der Waals surface area contributed by atoms with Gasteiger partial charge in [-0.15, -0.1) is 0 Å². The van der Waals surface area contributed by atoms with Crippen molar-refractivity contribution >= 4 is 5.91 Å². The van der Waals surface area contributed by atoms with Gasteiger partial charge in [-0.05, 0) is 36.4 Å². The van der Waals surface area contributed by atoms with Crippen LogP contribution in [0.5, 0.6) is 0 Å². The van der Waals surface area contributed by atoms with Crippen molar-refractivity contribution in [1.29, 1.82) is 0 Å². The maximum Gasteiger partial charge on any atom is 0.223 e. The lowest BCUT2D eigenvalue weighted by Crippen LogP contribution is -2.32. The van der Waals surface area contributed by atoms with E-state index in [1.165, 1.54) is 11.1 Å². The van der Waals surface area contributed by atoms with E-state index in [-0.39, 0.29) is 11.9 Å². The van der Waals surface area contributed by atoms with E-state index >= 15 is 0 Å². The number of carbonyl (C=O) groups is 1. The molecule has 0 aliphatic heterocycles. The molecule has 2 atom stereocenters. The van der Waals surface area contributed by atoms with Crippen LogP contribution in [-0.4, -0.2) is 24.4 Å². The van der Waals surface area contributed by atoms with Crippen LogP contribution < -0.4 is 5.73 Å². The minimum absolute atomic E-state index is 0.221. The second kappa shape index (κ2) is 6.20. The standard InChI is InChI=1S/C16H24N2O/c1-3-12(11-17)10-16(19)18(2)15-9-8-13-6-4-5-7-14(13)15/h4-7,12,15H,3,8-11,17H2,1-2H3. The zero-order valence-corrected chi connectivity index (χ0v) is 11.9. The fraction of sp³-hybridized carbons (Fsp3) is 0.562. The van der Waals surface area contributed by atoms with Gasteiger partial charge in [-0.25, -0.2) is 0 Å². The molecule has 0 radical (unpaired) electrons. The Balaban J connectivity index is 2.05. The molecule has 0 saturated carbocycles. The second-order valence-corrected chi connectivity index (χ2v) is 5.47. The van der Waals surface area contributed by atoms with E-state index in [1.807, 2.05) is 11.9 Å². The van der Waals surface area contributed by atoms with Crippen LogP contribution in [0.1, 0.15) is 43.4 Å². The number of nitrogens with zero attached hydrogens (tertiary/aromatic N) is 1. The third kappa shape index (κ3) is 2.98. The number of nitrogens with two attached hydrogens (primary N) is 1. The van der Waals surface area contributed by atoms with Gasteiger partial charge in [0.2, 0.25) is 5.91 Å². The van der Waals surface area contributed by atoms with E-state index in [9.17, 15) is 4.79 Å². The minimum Gasteiger partial charge on any atom is -0.339 e. The number of amides is 1. The lowest BCUT2D eigenvalue weighted by atomic mass is 10.0. The predicted octanol–water partition coefficient (Wildman–Crippen LogP) is 2.51. The van der Waals surface area contributed by atoms with E-state index < -0.39 is 0 Å². The summed E-state index contributed by atoms with van der Waals surface area (Å²) < 4.78 is 0. The first kappa shape index (κ1) is 14.1. The molecule has 3 heteroatoms. The average Bonchev–Trinajstić information content (AvgIpc) is 2.87. The van der Waals surface area contributed by atoms with Crippen LogP contribution in [0.15, 0.2) is 24.3 Å². The van der Waals surface area contributed by atoms with Crippen LogP contribution in [0.4, 0.5) is 0 Å². The fourth-order valence-electron chi connectivity index (χ4n) is 2.90. The van der Waals surface area contributed by atoms with Gasteiger partial charge < -0.3 is 10.6 Å². The quantitative estimate of drug-likeness (QED) is 0.884. The largest absolute Gasteiger partial charge is 0.339 e. The van der Waals surface area contributed by atoms with Gasteiger partial charge in [-0.2, -0.15) is 0 Å². The minimum atomic E-state index is 0.221. The molecular formula is C16H24N2O. The van der Waals surface area contributed by atoms with Gasteiger partial charge in [0.25, 0.3) is 0 Å². The van der Waals surface area contributed by atoms with Crippen LogP contribution in [0.3, 0.4) is 0 Å². The highest BCUT2D eigenvalue weighted by Crippen LogP contribution is 2.35. The second-order valence-electron chi connectivity index (χ2n) is 5.47. The predicted molar refractivity (Wildman–Crippen MR) is 77.7 cm³/mol. The Hall–Kier alpha value is -1.35. The highest BCUT2D eigenvalue weighted by molar-refractivity contribution is 5.77. The average molecular weight is 260 g/mol. The molecule has 0 fully saturated rings. The summed E-state index contributed by atoms with van der Waals surface area (Å²) in [6.45, 7) is 2.69. The van der Waals surface area contributed by atoms with Crippen molar-refractivity contribution in [2.45, 2.75) is 38.6 Å². The van der Waals surface area contributed by atoms with Crippen LogP contribution in [-0.2, 0) is 11.2 Å². The van der Waals surface area contributed by atoms with Crippen LogP contribution >= 0.6 is 0 Å². The first-order valence-electron chi connectivity index (χ1n) is 7.20. The number of benzene rings is 1. The lowest BCUT2D eigenvalue weighted by Gasteiger charge is -2.27. The van der Waals surface area contributed by atoms with Crippen molar-refractivity contribution in [3.63, 3.8) is 0 Å². The maximum absolute atomic E-state index is 12.3. The first-order valence-corrected chi connectivity index (χ1v) is 7.20. The number of rotatable bonds is 5. The molecule has 3 nitrogen and oxygen atoms in total. The topological polar surface area (TPSA) is 46.3 Å². The van der Waals surface area contributed by atoms with Gasteiger partial charge in [0, 0.05) is 13.5 Å². The summed E-state index contributed by atoms with van der Waals surface area (Å²) in [6, 6.07) is 8.70. The van der Waals surface area contributed by atoms with E-state index in [1.54, 1.807) is 0 Å². The first-order chi connectivity index (χ1) is 9.17. The van der Waals surface area contributed by atoms with Crippen LogP contribution in [0.25, 0.3) is 0 Å². The number of carbonyl (C=O) groups excluding carboxylic acids is 1. The highest BCUT2D eigenvalue weighted by atomic mass is 16.2. The van der Waals surface area contributed by atoms with Crippen molar-refractivity contribution in [2.75, 3.05) is 13.6 Å². The molecule has 0 spiro atoms. The maximum atomic E-state index is 12.3. The molecule has 0 aromatic heterocycles. The summed E-state index contributed by atoms with van der Waals surface area (Å²) in [6.07, 6.45) is 3.66. The van der Waals surface area contributed by atoms with Crippen LogP contribution in [0, 0.1) is 5.92 Å². The molecule has 1 aliphatic carbocycles. The summed E-state index contributed by atoms with van der Waals surface area (Å²) in [5, 5.41) is 0. The Labute approximate surface area is 115 Å². The molecule has 104 valence electrons. The normalized spacial score (nSPS) is 19.0. The van der Waals surface area contributed by atoms with Gasteiger partial charge >= 0.3 is 0 Å². The fourth-order valence-corrected chi connectivity index (χ4v) is 2.90. The van der Waals surface area contributed by atoms with Gasteiger partial charge in [0.05, 0.1) is 6.04 Å². The summed E-state index contributed by atoms with van der Waals surface area (Å²) in [5.74, 6) is 0.533. The smallest absolute Gasteiger partial charge is 0.223 e. The van der Waals surface area contributed by atoms with Gasteiger partial charge in [-0.1, -0.05) is 37.6 Å². The van der Waals surface area contributed by atoms with Crippen molar-refractivity contribution in [1.82, 2.24) is 4.90 Å². The lowest BCUT2D eigenvalue weighted by molar-refractivity contribution is -0.133. The number of fused-ring (bicyclic) bond motifs is 1. The molecule has 1 aliphatic rings. The Morgan fingerprint density at radius 3 is 2.89 bits per heavy atom. The number of hydrogen-bond donors (Lipinski definition) is 1. The number of hydrogen-bond acceptors (Lipinski definition) is 2. The van der Waals surface area contributed by atoms with E-state index in [0.717, 1.165) is 19.3 Å². The zero-order chi connectivity index (χ0) is 13.8. The van der Waals surface area contributed by atoms with Gasteiger partial charge in [0.1, 0.15) is 0 Å². The van der Waals surface area contributed by atoms with Crippen LogP contribution in [0.2, 0.25) is 0 Å². The Morgan fingerprint density at radius 1 is 1.47 bits per heavy atom. The Kier molecular flexibility index (Phi) is 4.59. The molecule has 0 heterocycles. The monoisotopic (exact) mass is 260 g/mol. The highest BCUT2D eigenvalue weighted by Gasteiger charge is 2.28. The molecule has 2 N–H and O–H groups in total. The van der Waals surface area contributed by atoms with E-state index in [0.29, 0.717) is 18.9 Å². The summed E-state index contributed by atoms with van der Waals surface area (Å²) in [5.41, 5.74) is 8.40. The SMILES string of the molecule is CCC(CN)CC(=O)N(C)C1CCc2ccccc21. The molecule has 19 heavy (non-hydrogen) atoms. The van der Waals surface area contributed by atoms with Crippen molar-refractivity contribution in [3.05, 3.63) is 35.4 Å². The summed E-state index contributed by atoms with van der Waals surface area (Å²) in [7, 11) is 1.93. The molecule has 0 saturated heterocycles. The van der Waals surface area contributed by atoms with Crippen molar-refractivity contribution in [2.24, 2.45) is 11.7 Å². The Bertz CT molecular complexity index is 440. The van der Waals surface area contributed by atoms with Gasteiger partial charge in [-0.3, -0.25) is 4.79 Å². The molecule has 2 unspecified atom stereocenters. The molecule has 2 rings (SSSR count). The summed E-state index contributed by atoms with van der Waals surface area (Å²) >= 11 is 0. The zero-order valence-electron chi connectivity index (χ0n) is 11.9. The Morgan fingerprint density at radius 2 is 2.21 bits per heavy atom. The third-order valence-corrected chi connectivity index (χ3v) is 4.34. The summed E-state index contributed by atoms with van der Waals surface area (Å²) in [4.78, 5) is 14.3. The molecular weight excluding hydrogens is 236 g/mol. The third-order valence-electron chi connectivity index (χ3n) is 4.34. The van der Waals surface area contributed by atoms with E-state index in [4.69, 9.17) is 5.73 Å².